The normalized spacial score (nSPS) is 23.9. The van der Waals surface area contributed by atoms with Crippen LogP contribution < -0.4 is 10.3 Å². The fraction of sp³-hybridized carbons (Fsp3) is 0.333. The van der Waals surface area contributed by atoms with Crippen LogP contribution >= 0.6 is 11.8 Å². The highest BCUT2D eigenvalue weighted by Gasteiger charge is 2.38. The van der Waals surface area contributed by atoms with E-state index in [4.69, 9.17) is 0 Å². The van der Waals surface area contributed by atoms with Crippen LogP contribution in [0.3, 0.4) is 0 Å². The summed E-state index contributed by atoms with van der Waals surface area (Å²) in [4.78, 5) is 16.2. The van der Waals surface area contributed by atoms with E-state index in [1.54, 1.807) is 16.7 Å². The molecule has 1 amide bonds. The molecule has 108 valence electrons. The van der Waals surface area contributed by atoms with Gasteiger partial charge in [-0.3, -0.25) is 20.0 Å². The van der Waals surface area contributed by atoms with Gasteiger partial charge in [-0.25, -0.2) is 0 Å². The molecule has 2 heterocycles. The summed E-state index contributed by atoms with van der Waals surface area (Å²) in [5.74, 6) is 1.92. The predicted molar refractivity (Wildman–Crippen MR) is 84.4 cm³/mol. The Hall–Kier alpha value is -1.95. The first-order valence-electron chi connectivity index (χ1n) is 7.14. The number of hydrazone groups is 1. The molecule has 0 spiro atoms. The molecule has 0 radical (unpaired) electrons. The number of anilines is 1. The van der Waals surface area contributed by atoms with Crippen molar-refractivity contribution in [1.29, 1.82) is 0 Å². The van der Waals surface area contributed by atoms with Gasteiger partial charge in [-0.2, -0.15) is 5.10 Å². The molecule has 1 aliphatic carbocycles. The summed E-state index contributed by atoms with van der Waals surface area (Å²) in [5, 5.41) is 5.21. The average Bonchev–Trinajstić information content (AvgIpc) is 3.26. The minimum absolute atomic E-state index is 0.00512. The van der Waals surface area contributed by atoms with Crippen LogP contribution in [0.4, 0.5) is 5.69 Å². The Morgan fingerprint density at radius 2 is 2.05 bits per heavy atom. The summed E-state index contributed by atoms with van der Waals surface area (Å²) in [7, 11) is 0. The number of rotatable bonds is 3. The maximum atomic E-state index is 12.6. The Bertz CT molecular complexity index is 611. The van der Waals surface area contributed by atoms with Crippen molar-refractivity contribution in [3.8, 4) is 0 Å². The van der Waals surface area contributed by atoms with Crippen LogP contribution in [0.15, 0.2) is 47.8 Å². The van der Waals surface area contributed by atoms with Crippen LogP contribution in [-0.4, -0.2) is 27.9 Å². The van der Waals surface area contributed by atoms with Gasteiger partial charge in [0, 0.05) is 23.8 Å². The molecule has 1 fully saturated rings. The van der Waals surface area contributed by atoms with E-state index < -0.39 is 6.17 Å². The second kappa shape index (κ2) is 5.11. The molecule has 3 aliphatic rings. The molecule has 2 aliphatic heterocycles. The molecule has 1 aromatic carbocycles. The van der Waals surface area contributed by atoms with Crippen LogP contribution in [0.25, 0.3) is 0 Å². The molecule has 0 bridgehead atoms. The molecular weight excluding hydrogens is 284 g/mol. The van der Waals surface area contributed by atoms with Crippen LogP contribution in [0.2, 0.25) is 0 Å². The van der Waals surface area contributed by atoms with E-state index in [9.17, 15) is 4.79 Å². The highest BCUT2D eigenvalue weighted by atomic mass is 32.2. The number of carbonyl (C=O) groups is 1. The monoisotopic (exact) mass is 300 g/mol. The lowest BCUT2D eigenvalue weighted by atomic mass is 10.2. The van der Waals surface area contributed by atoms with Crippen molar-refractivity contribution in [3.63, 3.8) is 0 Å². The van der Waals surface area contributed by atoms with Gasteiger partial charge in [0.1, 0.15) is 0 Å². The lowest BCUT2D eigenvalue weighted by Gasteiger charge is -2.31. The van der Waals surface area contributed by atoms with Crippen molar-refractivity contribution in [3.05, 3.63) is 42.7 Å². The summed E-state index contributed by atoms with van der Waals surface area (Å²) in [6.45, 7) is 0. The van der Waals surface area contributed by atoms with Crippen molar-refractivity contribution >= 4 is 28.5 Å². The van der Waals surface area contributed by atoms with Gasteiger partial charge in [0.2, 0.25) is 6.17 Å². The third-order valence-electron chi connectivity index (χ3n) is 3.81. The van der Waals surface area contributed by atoms with E-state index in [2.05, 4.69) is 10.5 Å². The molecule has 5 nitrogen and oxygen atoms in total. The Morgan fingerprint density at radius 3 is 2.81 bits per heavy atom. The highest BCUT2D eigenvalue weighted by Crippen LogP contribution is 2.34. The topological polar surface area (TPSA) is 47.9 Å². The Morgan fingerprint density at radius 1 is 1.24 bits per heavy atom. The predicted octanol–water partition coefficient (Wildman–Crippen LogP) is 2.15. The van der Waals surface area contributed by atoms with Crippen LogP contribution in [0.5, 0.6) is 0 Å². The van der Waals surface area contributed by atoms with Gasteiger partial charge in [0.25, 0.3) is 5.91 Å². The number of amides is 1. The Kier molecular flexibility index (Phi) is 3.11. The number of para-hydroxylation sites is 1. The van der Waals surface area contributed by atoms with Crippen LogP contribution in [-0.2, 0) is 4.79 Å². The van der Waals surface area contributed by atoms with Gasteiger partial charge in [-0.1, -0.05) is 30.0 Å². The molecule has 4 rings (SSSR count). The van der Waals surface area contributed by atoms with Gasteiger partial charge in [-0.15, -0.1) is 0 Å². The van der Waals surface area contributed by atoms with E-state index in [-0.39, 0.29) is 5.91 Å². The zero-order chi connectivity index (χ0) is 14.2. The number of carbonyl (C=O) groups excluding carboxylic acids is 1. The smallest absolute Gasteiger partial charge is 0.276 e. The minimum Gasteiger partial charge on any atom is -0.294 e. The highest BCUT2D eigenvalue weighted by molar-refractivity contribution is 8.13. The zero-order valence-corrected chi connectivity index (χ0v) is 12.3. The first-order chi connectivity index (χ1) is 10.3. The molecule has 1 saturated carbocycles. The second-order valence-electron chi connectivity index (χ2n) is 5.43. The largest absolute Gasteiger partial charge is 0.294 e. The van der Waals surface area contributed by atoms with Gasteiger partial charge in [0.15, 0.2) is 5.17 Å². The second-order valence-corrected chi connectivity index (χ2v) is 6.42. The minimum atomic E-state index is -0.420. The number of hydrogen-bond acceptors (Lipinski definition) is 5. The van der Waals surface area contributed by atoms with E-state index in [1.807, 2.05) is 47.6 Å². The maximum absolute atomic E-state index is 12.6. The lowest BCUT2D eigenvalue weighted by molar-refractivity contribution is -0.122. The number of benzene rings is 1. The Balaban J connectivity index is 1.51. The van der Waals surface area contributed by atoms with E-state index >= 15 is 0 Å². The average molecular weight is 300 g/mol. The van der Waals surface area contributed by atoms with Crippen molar-refractivity contribution in [2.75, 3.05) is 10.7 Å². The molecule has 21 heavy (non-hydrogen) atoms. The number of hydrogen-bond donors (Lipinski definition) is 1. The fourth-order valence-electron chi connectivity index (χ4n) is 2.40. The third-order valence-corrected chi connectivity index (χ3v) is 5.01. The number of nitrogens with one attached hydrogen (secondary N) is 1. The first kappa shape index (κ1) is 12.8. The van der Waals surface area contributed by atoms with Gasteiger partial charge in [-0.05, 0) is 30.9 Å². The molecule has 1 unspecified atom stereocenters. The molecule has 0 saturated heterocycles. The van der Waals surface area contributed by atoms with E-state index in [0.29, 0.717) is 0 Å². The summed E-state index contributed by atoms with van der Waals surface area (Å²) in [6, 6.07) is 9.65. The van der Waals surface area contributed by atoms with Crippen LogP contribution in [0.1, 0.15) is 12.8 Å². The van der Waals surface area contributed by atoms with Crippen LogP contribution in [0, 0.1) is 5.92 Å². The fourth-order valence-corrected chi connectivity index (χ4v) is 3.55. The zero-order valence-electron chi connectivity index (χ0n) is 11.5. The maximum Gasteiger partial charge on any atom is 0.276 e. The summed E-state index contributed by atoms with van der Waals surface area (Å²) >= 11 is 1.73. The summed E-state index contributed by atoms with van der Waals surface area (Å²) in [6.07, 6.45) is 5.98. The van der Waals surface area contributed by atoms with Gasteiger partial charge >= 0.3 is 0 Å². The molecule has 6 heteroatoms. The summed E-state index contributed by atoms with van der Waals surface area (Å²) in [5.41, 5.74) is 3.83. The lowest BCUT2D eigenvalue weighted by Crippen LogP contribution is -2.52. The molecule has 0 aromatic heterocycles. The number of nitrogens with zero attached hydrogens (tertiary/aromatic N) is 3. The molecule has 1 atom stereocenters. The molecule has 1 N–H and O–H groups in total. The van der Waals surface area contributed by atoms with Gasteiger partial charge in [0.05, 0.1) is 0 Å². The summed E-state index contributed by atoms with van der Waals surface area (Å²) < 4.78 is 0. The first-order valence-corrected chi connectivity index (χ1v) is 8.12. The Labute approximate surface area is 127 Å². The standard InChI is InChI=1S/C15H16N4OS/c20-14-13-16-17-15(21-10-11-6-7-11)19(13)9-8-18(14)12-4-2-1-3-5-12/h1-5,8-9,11,13,16H,6-7,10H2. The number of amidine groups is 1. The number of fused-ring (bicyclic) bond motifs is 1. The third kappa shape index (κ3) is 2.40. The SMILES string of the molecule is O=C1C2NN=C(SCC3CC3)N2C=CN1c1ccccc1. The van der Waals surface area contributed by atoms with Crippen molar-refractivity contribution in [2.45, 2.75) is 19.0 Å². The number of thioether (sulfide) groups is 1. The van der Waals surface area contributed by atoms with E-state index in [1.165, 1.54) is 12.8 Å². The quantitative estimate of drug-likeness (QED) is 0.929. The van der Waals surface area contributed by atoms with Crippen molar-refractivity contribution in [2.24, 2.45) is 11.0 Å². The molecule has 1 aromatic rings. The van der Waals surface area contributed by atoms with E-state index in [0.717, 1.165) is 22.5 Å². The van der Waals surface area contributed by atoms with Crippen molar-refractivity contribution in [1.82, 2.24) is 10.3 Å². The van der Waals surface area contributed by atoms with Crippen molar-refractivity contribution < 1.29 is 4.79 Å². The molecular formula is C15H16N4OS. The van der Waals surface area contributed by atoms with Gasteiger partial charge < -0.3 is 0 Å².